The van der Waals surface area contributed by atoms with Gasteiger partial charge in [0.25, 0.3) is 0 Å². The third-order valence-corrected chi connectivity index (χ3v) is 5.98. The smallest absolute Gasteiger partial charge is 0.414 e. The van der Waals surface area contributed by atoms with Gasteiger partial charge in [0.2, 0.25) is 0 Å². The summed E-state index contributed by atoms with van der Waals surface area (Å²) in [5, 5.41) is 18.8. The van der Waals surface area contributed by atoms with Crippen LogP contribution in [0.3, 0.4) is 0 Å². The number of hydrogen-bond acceptors (Lipinski definition) is 6. The first kappa shape index (κ1) is 22.7. The summed E-state index contributed by atoms with van der Waals surface area (Å²) in [5.74, 6) is -1.67. The maximum atomic E-state index is 11.5. The Morgan fingerprint density at radius 2 is 1.72 bits per heavy atom. The van der Waals surface area contributed by atoms with E-state index in [1.807, 2.05) is 36.4 Å². The van der Waals surface area contributed by atoms with E-state index in [0.717, 1.165) is 17.1 Å². The standard InChI is InChI=1S/C17H18ClNO3S.C2H2O4/c18-14-4-6-16(7-5-14)22-17-3-1-2-13(10-17)11-19-15-8-9-23(20,21)12-15;3-1(4)2(5)6/h1-7,10,15,19H,8-9,11-12H2;(H,3,4)(H,5,6). The van der Waals surface area contributed by atoms with E-state index in [1.165, 1.54) is 0 Å². The monoisotopic (exact) mass is 441 g/mol. The fourth-order valence-corrected chi connectivity index (χ4v) is 4.41. The van der Waals surface area contributed by atoms with E-state index in [0.29, 0.717) is 18.0 Å². The van der Waals surface area contributed by atoms with Gasteiger partial charge in [-0.1, -0.05) is 23.7 Å². The Morgan fingerprint density at radius 1 is 1.07 bits per heavy atom. The third kappa shape index (κ3) is 8.10. The topological polar surface area (TPSA) is 130 Å². The van der Waals surface area contributed by atoms with Gasteiger partial charge in [0, 0.05) is 17.6 Å². The highest BCUT2D eigenvalue weighted by Crippen LogP contribution is 2.24. The molecule has 3 N–H and O–H groups in total. The van der Waals surface area contributed by atoms with Crippen molar-refractivity contribution in [2.24, 2.45) is 0 Å². The maximum Gasteiger partial charge on any atom is 0.414 e. The molecular formula is C19H20ClNO7S. The molecule has 156 valence electrons. The number of ether oxygens (including phenoxy) is 1. The van der Waals surface area contributed by atoms with Gasteiger partial charge in [-0.3, -0.25) is 0 Å². The van der Waals surface area contributed by atoms with Crippen molar-refractivity contribution < 1.29 is 33.0 Å². The molecule has 1 aliphatic heterocycles. The quantitative estimate of drug-likeness (QED) is 0.603. The number of hydrogen-bond donors (Lipinski definition) is 3. The number of nitrogens with one attached hydrogen (secondary N) is 1. The molecule has 0 aromatic heterocycles. The van der Waals surface area contributed by atoms with Gasteiger partial charge in [-0.2, -0.15) is 0 Å². The van der Waals surface area contributed by atoms with Crippen LogP contribution >= 0.6 is 11.6 Å². The Labute approximate surface area is 173 Å². The van der Waals surface area contributed by atoms with Gasteiger partial charge in [-0.25, -0.2) is 18.0 Å². The van der Waals surface area contributed by atoms with Crippen molar-refractivity contribution >= 4 is 33.4 Å². The number of benzene rings is 2. The molecule has 2 aromatic carbocycles. The van der Waals surface area contributed by atoms with Crippen LogP contribution in [0.4, 0.5) is 0 Å². The lowest BCUT2D eigenvalue weighted by Crippen LogP contribution is -2.29. The molecule has 1 atom stereocenters. The molecule has 3 rings (SSSR count). The van der Waals surface area contributed by atoms with Gasteiger partial charge in [-0.15, -0.1) is 0 Å². The number of aliphatic carboxylic acids is 2. The van der Waals surface area contributed by atoms with E-state index < -0.39 is 21.8 Å². The van der Waals surface area contributed by atoms with Gasteiger partial charge < -0.3 is 20.3 Å². The summed E-state index contributed by atoms with van der Waals surface area (Å²) >= 11 is 5.86. The Hall–Kier alpha value is -2.62. The van der Waals surface area contributed by atoms with Gasteiger partial charge >= 0.3 is 11.9 Å². The molecule has 10 heteroatoms. The van der Waals surface area contributed by atoms with E-state index in [-0.39, 0.29) is 17.5 Å². The number of carboxylic acid groups (broad SMARTS) is 2. The molecule has 1 aliphatic rings. The van der Waals surface area contributed by atoms with Crippen LogP contribution in [0.5, 0.6) is 11.5 Å². The minimum Gasteiger partial charge on any atom is -0.473 e. The number of halogens is 1. The van der Waals surface area contributed by atoms with Crippen LogP contribution < -0.4 is 10.1 Å². The molecular weight excluding hydrogens is 422 g/mol. The summed E-state index contributed by atoms with van der Waals surface area (Å²) in [5.41, 5.74) is 1.06. The Balaban J connectivity index is 0.000000438. The van der Waals surface area contributed by atoms with E-state index in [2.05, 4.69) is 5.32 Å². The van der Waals surface area contributed by atoms with E-state index in [4.69, 9.17) is 36.1 Å². The average Bonchev–Trinajstić information content (AvgIpc) is 3.02. The lowest BCUT2D eigenvalue weighted by Gasteiger charge is -2.12. The molecule has 1 unspecified atom stereocenters. The van der Waals surface area contributed by atoms with Crippen molar-refractivity contribution in [1.29, 1.82) is 0 Å². The third-order valence-electron chi connectivity index (χ3n) is 3.96. The lowest BCUT2D eigenvalue weighted by molar-refractivity contribution is -0.159. The minimum absolute atomic E-state index is 0.0424. The zero-order chi connectivity index (χ0) is 21.4. The van der Waals surface area contributed by atoms with Gasteiger partial charge in [0.15, 0.2) is 9.84 Å². The van der Waals surface area contributed by atoms with Crippen LogP contribution in [-0.2, 0) is 26.0 Å². The number of rotatable bonds is 5. The Bertz CT molecular complexity index is 949. The minimum atomic E-state index is -2.85. The molecule has 1 fully saturated rings. The van der Waals surface area contributed by atoms with Crippen molar-refractivity contribution in [3.63, 3.8) is 0 Å². The largest absolute Gasteiger partial charge is 0.473 e. The number of carboxylic acids is 2. The van der Waals surface area contributed by atoms with Gasteiger partial charge in [0.05, 0.1) is 11.5 Å². The lowest BCUT2D eigenvalue weighted by atomic mass is 10.2. The molecule has 0 aliphatic carbocycles. The van der Waals surface area contributed by atoms with Crippen molar-refractivity contribution in [3.05, 3.63) is 59.1 Å². The summed E-state index contributed by atoms with van der Waals surface area (Å²) in [6.07, 6.45) is 0.684. The number of sulfone groups is 1. The molecule has 0 radical (unpaired) electrons. The molecule has 0 spiro atoms. The zero-order valence-electron chi connectivity index (χ0n) is 15.2. The molecule has 0 amide bonds. The SMILES string of the molecule is O=C(O)C(=O)O.O=S1(=O)CCC(NCc2cccc(Oc3ccc(Cl)cc3)c2)C1. The second kappa shape index (κ2) is 10.2. The maximum absolute atomic E-state index is 11.5. The highest BCUT2D eigenvalue weighted by molar-refractivity contribution is 7.91. The molecule has 29 heavy (non-hydrogen) atoms. The highest BCUT2D eigenvalue weighted by Gasteiger charge is 2.27. The normalized spacial score (nSPS) is 17.1. The van der Waals surface area contributed by atoms with E-state index in [9.17, 15) is 8.42 Å². The summed E-state index contributed by atoms with van der Waals surface area (Å²) in [7, 11) is -2.85. The first-order chi connectivity index (χ1) is 13.6. The zero-order valence-corrected chi connectivity index (χ0v) is 16.8. The second-order valence-corrected chi connectivity index (χ2v) is 8.96. The van der Waals surface area contributed by atoms with E-state index >= 15 is 0 Å². The van der Waals surface area contributed by atoms with Crippen LogP contribution in [0.25, 0.3) is 0 Å². The second-order valence-electron chi connectivity index (χ2n) is 6.29. The fourth-order valence-electron chi connectivity index (χ4n) is 2.58. The summed E-state index contributed by atoms with van der Waals surface area (Å²) in [4.78, 5) is 18.2. The van der Waals surface area contributed by atoms with Crippen LogP contribution in [0, 0.1) is 0 Å². The molecule has 2 aromatic rings. The molecule has 0 bridgehead atoms. The van der Waals surface area contributed by atoms with Crippen LogP contribution in [0.1, 0.15) is 12.0 Å². The van der Waals surface area contributed by atoms with Crippen molar-refractivity contribution in [1.82, 2.24) is 5.32 Å². The van der Waals surface area contributed by atoms with Crippen LogP contribution in [0.2, 0.25) is 5.02 Å². The summed E-state index contributed by atoms with van der Waals surface area (Å²) < 4.78 is 28.7. The Kier molecular flexibility index (Phi) is 8.00. The average molecular weight is 442 g/mol. The van der Waals surface area contributed by atoms with Crippen LogP contribution in [0.15, 0.2) is 48.5 Å². The fraction of sp³-hybridized carbons (Fsp3) is 0.263. The first-order valence-corrected chi connectivity index (χ1v) is 10.8. The molecule has 8 nitrogen and oxygen atoms in total. The van der Waals surface area contributed by atoms with E-state index in [1.54, 1.807) is 12.1 Å². The molecule has 0 saturated carbocycles. The number of carbonyl (C=O) groups is 2. The van der Waals surface area contributed by atoms with Crippen molar-refractivity contribution in [2.75, 3.05) is 11.5 Å². The molecule has 1 heterocycles. The van der Waals surface area contributed by atoms with Crippen molar-refractivity contribution in [2.45, 2.75) is 19.0 Å². The van der Waals surface area contributed by atoms with Gasteiger partial charge in [-0.05, 0) is 48.4 Å². The predicted molar refractivity (Wildman–Crippen MR) is 107 cm³/mol. The predicted octanol–water partition coefficient (Wildman–Crippen LogP) is 2.56. The summed E-state index contributed by atoms with van der Waals surface area (Å²) in [6.45, 7) is 0.623. The highest BCUT2D eigenvalue weighted by atomic mass is 35.5. The van der Waals surface area contributed by atoms with Crippen molar-refractivity contribution in [3.8, 4) is 11.5 Å². The molecule has 1 saturated heterocycles. The summed E-state index contributed by atoms with van der Waals surface area (Å²) in [6, 6.07) is 15.0. The van der Waals surface area contributed by atoms with Gasteiger partial charge in [0.1, 0.15) is 11.5 Å². The Morgan fingerprint density at radius 3 is 2.28 bits per heavy atom. The van der Waals surface area contributed by atoms with Crippen LogP contribution in [-0.4, -0.2) is 48.1 Å². The first-order valence-electron chi connectivity index (χ1n) is 8.57.